The van der Waals surface area contributed by atoms with Crippen molar-refractivity contribution < 1.29 is 23.9 Å². The van der Waals surface area contributed by atoms with Crippen LogP contribution in [0.4, 0.5) is 11.9 Å². The first-order valence-electron chi connectivity index (χ1n) is 21.8. The number of imidazole rings is 2. The first-order chi connectivity index (χ1) is 31.2. The first-order valence-corrected chi connectivity index (χ1v) is 23.8. The van der Waals surface area contributed by atoms with Gasteiger partial charge >= 0.3 is 0 Å². The molecule has 0 saturated carbocycles. The van der Waals surface area contributed by atoms with Crippen molar-refractivity contribution in [3.05, 3.63) is 80.6 Å². The van der Waals surface area contributed by atoms with Gasteiger partial charge in [-0.25, -0.2) is 15.0 Å². The van der Waals surface area contributed by atoms with Crippen LogP contribution in [0.15, 0.2) is 47.4 Å². The maximum absolute atomic E-state index is 13.9. The number of fused-ring (bicyclic) bond motifs is 2. The van der Waals surface area contributed by atoms with E-state index in [1.807, 2.05) is 55.2 Å². The molecule has 6 N–H and O–H groups in total. The number of nitrogens with zero attached hydrogens (tertiary/aromatic N) is 9. The number of nitrogens with two attached hydrogens (primary N) is 2. The Morgan fingerprint density at radius 1 is 0.846 bits per heavy atom. The fourth-order valence-corrected chi connectivity index (χ4v) is 9.63. The summed E-state index contributed by atoms with van der Waals surface area (Å²) in [5.41, 5.74) is 16.0. The number of carbonyl (C=O) groups is 4. The number of hydrogen-bond donors (Lipinski definition) is 4. The number of amides is 4. The van der Waals surface area contributed by atoms with Gasteiger partial charge in [-0.05, 0) is 84.0 Å². The van der Waals surface area contributed by atoms with Gasteiger partial charge in [-0.2, -0.15) is 5.10 Å². The van der Waals surface area contributed by atoms with Crippen LogP contribution in [-0.2, 0) is 26.1 Å². The lowest BCUT2D eigenvalue weighted by Crippen LogP contribution is -2.49. The molecule has 1 fully saturated rings. The van der Waals surface area contributed by atoms with Crippen molar-refractivity contribution >= 4 is 80.7 Å². The largest absolute Gasteiger partial charge is 0.491 e. The summed E-state index contributed by atoms with van der Waals surface area (Å²) in [6, 6.07) is 8.80. The van der Waals surface area contributed by atoms with E-state index in [9.17, 15) is 19.2 Å². The Morgan fingerprint density at radius 3 is 2.06 bits per heavy atom. The minimum absolute atomic E-state index is 0.208. The molecule has 0 radical (unpaired) electrons. The number of anilines is 2. The van der Waals surface area contributed by atoms with Crippen molar-refractivity contribution in [2.24, 2.45) is 11.5 Å². The van der Waals surface area contributed by atoms with Crippen molar-refractivity contribution in [2.45, 2.75) is 85.0 Å². The molecule has 65 heavy (non-hydrogen) atoms. The number of aromatic nitrogens is 7. The van der Waals surface area contributed by atoms with Gasteiger partial charge in [0, 0.05) is 74.4 Å². The molecule has 344 valence electrons. The maximum atomic E-state index is 13.9. The lowest BCUT2D eigenvalue weighted by molar-refractivity contribution is 0.0991. The highest BCUT2D eigenvalue weighted by Gasteiger charge is 2.24. The molecule has 0 atom stereocenters. The zero-order valence-corrected chi connectivity index (χ0v) is 39.6. The van der Waals surface area contributed by atoms with Gasteiger partial charge in [-0.1, -0.05) is 19.1 Å². The molecule has 20 heteroatoms. The second kappa shape index (κ2) is 20.4. The number of primary amides is 2. The fraction of sp³-hybridized carbons (Fsp3) is 0.422. The SMILES string of the molecule is CCc1nc(C)sc1C(=O)Nc1nc2cc(C(N)=O)cc(SC)c2n1C/C=C/Cn1c(NC(=O)c2cc(C)nn2CC)nc2cc(C(N)=O)cc(OCCCN3CCN(C(C)C)CC3)c21. The average molecular weight is 924 g/mol. The van der Waals surface area contributed by atoms with Crippen LogP contribution in [0.5, 0.6) is 5.75 Å². The van der Waals surface area contributed by atoms with Crippen LogP contribution in [0.25, 0.3) is 22.1 Å². The Morgan fingerprint density at radius 2 is 1.46 bits per heavy atom. The quantitative estimate of drug-likeness (QED) is 0.0435. The van der Waals surface area contributed by atoms with Crippen LogP contribution in [0, 0.1) is 13.8 Å². The van der Waals surface area contributed by atoms with Crippen LogP contribution in [-0.4, -0.2) is 119 Å². The van der Waals surface area contributed by atoms with E-state index in [4.69, 9.17) is 26.2 Å². The van der Waals surface area contributed by atoms with Crippen LogP contribution in [0.2, 0.25) is 0 Å². The second-order valence-electron chi connectivity index (χ2n) is 16.1. The lowest BCUT2D eigenvalue weighted by atomic mass is 10.1. The standard InChI is InChI=1S/C45H57N13O5S2/c1-8-31-39(65-28(6)48-31)43(62)52-45-50-33-23-30(41(47)60)25-36(64-7)38(33)57(45)15-11-10-14-56-37-32(49-44(56)51-42(61)34-21-27(5)53-58(34)9-2)22-29(40(46)59)24-35(37)63-20-12-13-54-16-18-55(19-17-54)26(3)4/h10-11,21-26H,8-9,12-20H2,1-7H3,(H2,46,59)(H2,47,60)(H,49,51,61)(H,50,52,62)/b11-10+. The summed E-state index contributed by atoms with van der Waals surface area (Å²) in [6.07, 6.45) is 7.06. The maximum Gasteiger partial charge on any atom is 0.276 e. The number of benzene rings is 2. The minimum atomic E-state index is -0.637. The van der Waals surface area contributed by atoms with E-state index in [1.165, 1.54) is 23.1 Å². The third-order valence-electron chi connectivity index (χ3n) is 11.4. The highest BCUT2D eigenvalue weighted by atomic mass is 32.2. The van der Waals surface area contributed by atoms with Gasteiger partial charge in [0.25, 0.3) is 11.8 Å². The molecule has 0 unspecified atom stereocenters. The molecule has 1 aliphatic heterocycles. The predicted octanol–water partition coefficient (Wildman–Crippen LogP) is 5.71. The molecule has 4 amide bonds. The Bertz CT molecular complexity index is 2780. The Kier molecular flexibility index (Phi) is 14.7. The number of hydrogen-bond acceptors (Lipinski definition) is 13. The zero-order chi connectivity index (χ0) is 46.5. The van der Waals surface area contributed by atoms with Crippen molar-refractivity contribution in [3.63, 3.8) is 0 Å². The number of carbonyl (C=O) groups excluding carboxylic acids is 4. The molecule has 6 aromatic rings. The summed E-state index contributed by atoms with van der Waals surface area (Å²) >= 11 is 2.74. The van der Waals surface area contributed by atoms with Crippen molar-refractivity contribution in [1.82, 2.24) is 43.7 Å². The summed E-state index contributed by atoms with van der Waals surface area (Å²) in [5, 5.41) is 11.2. The third kappa shape index (κ3) is 10.4. The van der Waals surface area contributed by atoms with E-state index in [-0.39, 0.29) is 36.5 Å². The molecule has 1 saturated heterocycles. The lowest BCUT2D eigenvalue weighted by Gasteiger charge is -2.36. The van der Waals surface area contributed by atoms with Gasteiger partial charge in [-0.15, -0.1) is 23.1 Å². The predicted molar refractivity (Wildman–Crippen MR) is 255 cm³/mol. The number of aryl methyl sites for hydroxylation is 4. The summed E-state index contributed by atoms with van der Waals surface area (Å²) in [6.45, 7) is 18.2. The zero-order valence-electron chi connectivity index (χ0n) is 37.9. The summed E-state index contributed by atoms with van der Waals surface area (Å²) in [7, 11) is 0. The molecule has 0 bridgehead atoms. The topological polar surface area (TPSA) is 226 Å². The van der Waals surface area contributed by atoms with Crippen molar-refractivity contribution in [3.8, 4) is 5.75 Å². The fourth-order valence-electron chi connectivity index (χ4n) is 8.07. The van der Waals surface area contributed by atoms with E-state index in [1.54, 1.807) is 35.0 Å². The molecule has 18 nitrogen and oxygen atoms in total. The molecule has 4 aromatic heterocycles. The Hall–Kier alpha value is -6.09. The summed E-state index contributed by atoms with van der Waals surface area (Å²) < 4.78 is 11.8. The number of allylic oxidation sites excluding steroid dienone is 2. The van der Waals surface area contributed by atoms with Gasteiger partial charge in [0.2, 0.25) is 23.7 Å². The van der Waals surface area contributed by atoms with Crippen LogP contribution >= 0.6 is 23.1 Å². The van der Waals surface area contributed by atoms with E-state index in [0.717, 1.165) is 49.0 Å². The van der Waals surface area contributed by atoms with E-state index < -0.39 is 17.7 Å². The number of thioether (sulfide) groups is 1. The summed E-state index contributed by atoms with van der Waals surface area (Å²) in [5.74, 6) is -1.07. The number of ether oxygens (including phenoxy) is 1. The first kappa shape index (κ1) is 46.9. The molecule has 0 aliphatic carbocycles. The Labute approximate surface area is 385 Å². The molecule has 1 aliphatic rings. The van der Waals surface area contributed by atoms with Crippen LogP contribution in [0.1, 0.15) is 91.4 Å². The monoisotopic (exact) mass is 923 g/mol. The van der Waals surface area contributed by atoms with Gasteiger partial charge < -0.3 is 30.2 Å². The highest BCUT2D eigenvalue weighted by Crippen LogP contribution is 2.34. The van der Waals surface area contributed by atoms with Crippen LogP contribution < -0.4 is 26.8 Å². The molecular formula is C45H57N13O5S2. The normalized spacial score (nSPS) is 13.7. The molecule has 7 rings (SSSR count). The second-order valence-corrected chi connectivity index (χ2v) is 18.2. The number of piperazine rings is 1. The summed E-state index contributed by atoms with van der Waals surface area (Å²) in [4.78, 5) is 72.9. The van der Waals surface area contributed by atoms with Gasteiger partial charge in [0.15, 0.2) is 0 Å². The average Bonchev–Trinajstić information content (AvgIpc) is 4.05. The van der Waals surface area contributed by atoms with E-state index in [2.05, 4.69) is 44.4 Å². The van der Waals surface area contributed by atoms with E-state index in [0.29, 0.717) is 81.0 Å². The molecular weight excluding hydrogens is 867 g/mol. The number of nitrogens with one attached hydrogen (secondary N) is 2. The van der Waals surface area contributed by atoms with Gasteiger partial charge in [-0.3, -0.25) is 39.4 Å². The Balaban J connectivity index is 1.23. The van der Waals surface area contributed by atoms with Gasteiger partial charge in [0.1, 0.15) is 21.8 Å². The van der Waals surface area contributed by atoms with E-state index >= 15 is 0 Å². The van der Waals surface area contributed by atoms with Crippen LogP contribution in [0.3, 0.4) is 0 Å². The number of rotatable bonds is 19. The molecule has 5 heterocycles. The van der Waals surface area contributed by atoms with Crippen molar-refractivity contribution in [1.29, 1.82) is 0 Å². The minimum Gasteiger partial charge on any atom is -0.491 e. The number of thiazole rings is 1. The molecule has 0 spiro atoms. The molecule has 2 aromatic carbocycles. The third-order valence-corrected chi connectivity index (χ3v) is 13.2. The smallest absolute Gasteiger partial charge is 0.276 e. The van der Waals surface area contributed by atoms with Crippen molar-refractivity contribution in [2.75, 3.05) is 56.2 Å². The highest BCUT2D eigenvalue weighted by molar-refractivity contribution is 7.98. The van der Waals surface area contributed by atoms with Gasteiger partial charge in [0.05, 0.1) is 39.6 Å².